The summed E-state index contributed by atoms with van der Waals surface area (Å²) in [5.74, 6) is 1.28. The lowest BCUT2D eigenvalue weighted by Crippen LogP contribution is -2.20. The molecule has 162 valence electrons. The molecule has 0 bridgehead atoms. The van der Waals surface area contributed by atoms with Crippen molar-refractivity contribution in [3.8, 4) is 17.1 Å². The zero-order valence-electron chi connectivity index (χ0n) is 17.4. The molecule has 1 fully saturated rings. The van der Waals surface area contributed by atoms with E-state index in [1.807, 2.05) is 35.0 Å². The Morgan fingerprint density at radius 2 is 2.09 bits per heavy atom. The molecule has 0 amide bonds. The number of β-amino-alcohol motifs (C(OH)–C–C–N with tert-alkyl or cyclic N) is 1. The summed E-state index contributed by atoms with van der Waals surface area (Å²) in [4.78, 5) is 15.9. The van der Waals surface area contributed by atoms with E-state index in [1.54, 1.807) is 12.4 Å². The first-order valence-corrected chi connectivity index (χ1v) is 10.7. The summed E-state index contributed by atoms with van der Waals surface area (Å²) in [6.07, 6.45) is 7.96. The summed E-state index contributed by atoms with van der Waals surface area (Å²) >= 11 is 0. The zero-order chi connectivity index (χ0) is 21.5. The molecule has 32 heavy (non-hydrogen) atoms. The highest BCUT2D eigenvalue weighted by Crippen LogP contribution is 2.31. The van der Waals surface area contributed by atoms with Gasteiger partial charge in [-0.1, -0.05) is 0 Å². The fourth-order valence-electron chi connectivity index (χ4n) is 4.19. The van der Waals surface area contributed by atoms with E-state index in [0.717, 1.165) is 53.5 Å². The topological polar surface area (TPSA) is 99.8 Å². The number of nitrogens with one attached hydrogen (secondary N) is 2. The van der Waals surface area contributed by atoms with E-state index < -0.39 is 0 Å². The Balaban J connectivity index is 1.31. The number of imidazole rings is 1. The number of aromatic nitrogens is 4. The third-order valence-corrected chi connectivity index (χ3v) is 5.84. The third-order valence-electron chi connectivity index (χ3n) is 5.84. The van der Waals surface area contributed by atoms with Crippen LogP contribution in [0.5, 0.6) is 5.88 Å². The number of hydrogen-bond donors (Lipinski definition) is 3. The van der Waals surface area contributed by atoms with Gasteiger partial charge in [0.05, 0.1) is 17.5 Å². The Labute approximate surface area is 184 Å². The Morgan fingerprint density at radius 3 is 2.94 bits per heavy atom. The number of aliphatic hydroxyl groups is 1. The Hall–Kier alpha value is -3.85. The van der Waals surface area contributed by atoms with Gasteiger partial charge in [-0.3, -0.25) is 0 Å². The van der Waals surface area contributed by atoms with Crippen LogP contribution in [-0.2, 0) is 0 Å². The lowest BCUT2D eigenvalue weighted by Gasteiger charge is -2.19. The Bertz CT molecular complexity index is 1270. The molecule has 0 radical (unpaired) electrons. The van der Waals surface area contributed by atoms with Crippen LogP contribution in [0.15, 0.2) is 55.1 Å². The van der Waals surface area contributed by atoms with Crippen molar-refractivity contribution >= 4 is 28.5 Å². The molecule has 3 N–H and O–H groups in total. The number of pyridine rings is 1. The van der Waals surface area contributed by atoms with Crippen LogP contribution in [-0.4, -0.2) is 56.8 Å². The maximum atomic E-state index is 9.79. The lowest BCUT2D eigenvalue weighted by molar-refractivity contribution is 0.198. The quantitative estimate of drug-likeness (QED) is 0.455. The highest BCUT2D eigenvalue weighted by molar-refractivity contribution is 5.75. The SMILES string of the molecule is OC1CCN(c2ccc(Nc3nc(-c4cnc5c(c4)NCCO5)cn4ccnc34)cc2)C1. The number of hydrogen-bond acceptors (Lipinski definition) is 8. The molecule has 0 aliphatic carbocycles. The van der Waals surface area contributed by atoms with Crippen LogP contribution in [0.3, 0.4) is 0 Å². The fraction of sp³-hybridized carbons (Fsp3) is 0.261. The number of nitrogens with zero attached hydrogens (tertiary/aromatic N) is 5. The van der Waals surface area contributed by atoms with Crippen LogP contribution in [0.25, 0.3) is 16.9 Å². The number of benzene rings is 1. The van der Waals surface area contributed by atoms with Gasteiger partial charge in [-0.05, 0) is 36.8 Å². The maximum Gasteiger partial charge on any atom is 0.237 e. The van der Waals surface area contributed by atoms with E-state index >= 15 is 0 Å². The van der Waals surface area contributed by atoms with Gasteiger partial charge in [-0.2, -0.15) is 0 Å². The van der Waals surface area contributed by atoms with Gasteiger partial charge in [0, 0.05) is 61.4 Å². The molecule has 2 aliphatic rings. The molecule has 0 spiro atoms. The van der Waals surface area contributed by atoms with Crippen molar-refractivity contribution < 1.29 is 9.84 Å². The van der Waals surface area contributed by atoms with Gasteiger partial charge in [0.25, 0.3) is 0 Å². The minimum Gasteiger partial charge on any atom is -0.474 e. The number of aliphatic hydroxyl groups excluding tert-OH is 1. The van der Waals surface area contributed by atoms with Crippen LogP contribution >= 0.6 is 0 Å². The molecule has 0 saturated carbocycles. The third kappa shape index (κ3) is 3.46. The lowest BCUT2D eigenvalue weighted by atomic mass is 10.2. The smallest absolute Gasteiger partial charge is 0.237 e. The molecule has 2 aliphatic heterocycles. The van der Waals surface area contributed by atoms with Gasteiger partial charge in [0.2, 0.25) is 5.88 Å². The predicted octanol–water partition coefficient (Wildman–Crippen LogP) is 2.91. The normalized spacial score (nSPS) is 17.7. The van der Waals surface area contributed by atoms with Gasteiger partial charge in [0.1, 0.15) is 6.61 Å². The van der Waals surface area contributed by atoms with Gasteiger partial charge < -0.3 is 29.8 Å². The largest absolute Gasteiger partial charge is 0.474 e. The summed E-state index contributed by atoms with van der Waals surface area (Å²) in [5.41, 5.74) is 5.31. The fourth-order valence-corrected chi connectivity index (χ4v) is 4.19. The second-order valence-corrected chi connectivity index (χ2v) is 8.05. The molecule has 1 aromatic carbocycles. The Kier molecular flexibility index (Phi) is 4.53. The summed E-state index contributed by atoms with van der Waals surface area (Å²) in [5, 5.41) is 16.5. The van der Waals surface area contributed by atoms with Crippen molar-refractivity contribution in [3.63, 3.8) is 0 Å². The van der Waals surface area contributed by atoms with Crippen LogP contribution in [0.4, 0.5) is 22.9 Å². The number of fused-ring (bicyclic) bond motifs is 2. The van der Waals surface area contributed by atoms with Crippen LogP contribution < -0.4 is 20.3 Å². The zero-order valence-corrected chi connectivity index (χ0v) is 17.4. The predicted molar refractivity (Wildman–Crippen MR) is 123 cm³/mol. The number of rotatable bonds is 4. The average Bonchev–Trinajstić information content (AvgIpc) is 3.48. The molecule has 9 nitrogen and oxygen atoms in total. The first kappa shape index (κ1) is 18.9. The van der Waals surface area contributed by atoms with Crippen molar-refractivity contribution in [1.82, 2.24) is 19.4 Å². The molecule has 3 aromatic heterocycles. The highest BCUT2D eigenvalue weighted by atomic mass is 16.5. The highest BCUT2D eigenvalue weighted by Gasteiger charge is 2.20. The molecule has 4 aromatic rings. The number of ether oxygens (including phenoxy) is 1. The minimum atomic E-state index is -0.242. The van der Waals surface area contributed by atoms with E-state index in [-0.39, 0.29) is 6.10 Å². The van der Waals surface area contributed by atoms with Crippen LogP contribution in [0.2, 0.25) is 0 Å². The molecular formula is C23H23N7O2. The first-order valence-electron chi connectivity index (χ1n) is 10.7. The standard InChI is InChI=1S/C23H23N7O2/c31-18-5-8-29(13-18)17-3-1-16(2-4-17)27-21-22-25-6-9-30(22)14-20(28-21)15-11-19-23(26-12-15)32-10-7-24-19/h1-4,6,9,11-12,14,18,24,31H,5,7-8,10,13H2,(H,27,28). The molecule has 9 heteroatoms. The van der Waals surface area contributed by atoms with Crippen LogP contribution in [0, 0.1) is 0 Å². The summed E-state index contributed by atoms with van der Waals surface area (Å²) < 4.78 is 7.54. The van der Waals surface area contributed by atoms with E-state index in [9.17, 15) is 5.11 Å². The molecule has 1 saturated heterocycles. The molecule has 5 heterocycles. The van der Waals surface area contributed by atoms with Crippen molar-refractivity contribution in [2.45, 2.75) is 12.5 Å². The van der Waals surface area contributed by atoms with E-state index in [1.165, 1.54) is 0 Å². The van der Waals surface area contributed by atoms with Gasteiger partial charge >= 0.3 is 0 Å². The van der Waals surface area contributed by atoms with Crippen molar-refractivity contribution in [2.24, 2.45) is 0 Å². The van der Waals surface area contributed by atoms with E-state index in [4.69, 9.17) is 9.72 Å². The van der Waals surface area contributed by atoms with E-state index in [2.05, 4.69) is 37.6 Å². The number of anilines is 4. The summed E-state index contributed by atoms with van der Waals surface area (Å²) in [7, 11) is 0. The van der Waals surface area contributed by atoms with E-state index in [0.29, 0.717) is 24.8 Å². The second-order valence-electron chi connectivity index (χ2n) is 8.05. The first-order chi connectivity index (χ1) is 15.7. The average molecular weight is 429 g/mol. The van der Waals surface area contributed by atoms with Crippen molar-refractivity contribution in [2.75, 3.05) is 41.8 Å². The second kappa shape index (κ2) is 7.69. The molecule has 6 rings (SSSR count). The van der Waals surface area contributed by atoms with Gasteiger partial charge in [-0.15, -0.1) is 0 Å². The van der Waals surface area contributed by atoms with Crippen molar-refractivity contribution in [3.05, 3.63) is 55.1 Å². The van der Waals surface area contributed by atoms with Crippen molar-refractivity contribution in [1.29, 1.82) is 0 Å². The van der Waals surface area contributed by atoms with Gasteiger partial charge in [-0.25, -0.2) is 15.0 Å². The monoisotopic (exact) mass is 429 g/mol. The Morgan fingerprint density at radius 1 is 1.19 bits per heavy atom. The van der Waals surface area contributed by atoms with Crippen LogP contribution in [0.1, 0.15) is 6.42 Å². The maximum absolute atomic E-state index is 9.79. The minimum absolute atomic E-state index is 0.242. The summed E-state index contributed by atoms with van der Waals surface area (Å²) in [6.45, 7) is 2.93. The summed E-state index contributed by atoms with van der Waals surface area (Å²) in [6, 6.07) is 10.2. The molecular weight excluding hydrogens is 406 g/mol. The molecule has 1 unspecified atom stereocenters. The van der Waals surface area contributed by atoms with Gasteiger partial charge in [0.15, 0.2) is 11.5 Å². The molecule has 1 atom stereocenters.